The number of hydrogen-bond donors (Lipinski definition) is 1. The van der Waals surface area contributed by atoms with Gasteiger partial charge in [-0.05, 0) is 71.1 Å². The van der Waals surface area contributed by atoms with E-state index in [-0.39, 0.29) is 29.2 Å². The van der Waals surface area contributed by atoms with Gasteiger partial charge in [0.15, 0.2) is 6.61 Å². The van der Waals surface area contributed by atoms with Gasteiger partial charge in [-0.3, -0.25) is 14.4 Å². The summed E-state index contributed by atoms with van der Waals surface area (Å²) in [6.07, 6.45) is 0. The summed E-state index contributed by atoms with van der Waals surface area (Å²) < 4.78 is 5.18. The van der Waals surface area contributed by atoms with Crippen molar-refractivity contribution in [2.75, 3.05) is 16.8 Å². The van der Waals surface area contributed by atoms with Crippen molar-refractivity contribution in [3.05, 3.63) is 129 Å². The molecular formula is C34H25ClN2O5. The normalized spacial score (nSPS) is 21.4. The van der Waals surface area contributed by atoms with E-state index in [2.05, 4.69) is 29.6 Å². The SMILES string of the molecule is Cc1ccc(NC(=O)COC(=O)c2ccc(N3C(=O)[C@@H]4C5c6ccccc6C(c6ccccc65)[C@@H]4C3=O)cc2)cc1Cl. The van der Waals surface area contributed by atoms with Crippen LogP contribution in [0.3, 0.4) is 0 Å². The van der Waals surface area contributed by atoms with Crippen LogP contribution in [0.1, 0.15) is 50.0 Å². The molecule has 3 amide bonds. The highest BCUT2D eigenvalue weighted by Crippen LogP contribution is 2.61. The molecule has 2 bridgehead atoms. The molecule has 0 saturated carbocycles. The minimum Gasteiger partial charge on any atom is -0.452 e. The van der Waals surface area contributed by atoms with Crippen LogP contribution in [0, 0.1) is 18.8 Å². The summed E-state index contributed by atoms with van der Waals surface area (Å²) in [5.41, 5.74) is 6.41. The zero-order valence-corrected chi connectivity index (χ0v) is 23.3. The third-order valence-electron chi connectivity index (χ3n) is 8.60. The number of carbonyl (C=O) groups is 4. The number of imide groups is 1. The summed E-state index contributed by atoms with van der Waals surface area (Å²) in [4.78, 5) is 54.0. The minimum atomic E-state index is -0.699. The number of nitrogens with zero attached hydrogens (tertiary/aromatic N) is 1. The summed E-state index contributed by atoms with van der Waals surface area (Å²) in [5.74, 6) is -3.02. The summed E-state index contributed by atoms with van der Waals surface area (Å²) in [7, 11) is 0. The second-order valence-corrected chi connectivity index (χ2v) is 11.3. The number of anilines is 2. The second kappa shape index (κ2) is 9.96. The van der Waals surface area contributed by atoms with E-state index in [1.165, 1.54) is 17.0 Å². The van der Waals surface area contributed by atoms with Crippen LogP contribution in [-0.4, -0.2) is 30.3 Å². The Bertz CT molecular complexity index is 1680. The quantitative estimate of drug-likeness (QED) is 0.238. The van der Waals surface area contributed by atoms with Crippen molar-refractivity contribution in [3.63, 3.8) is 0 Å². The highest BCUT2D eigenvalue weighted by molar-refractivity contribution is 6.31. The zero-order valence-electron chi connectivity index (χ0n) is 22.5. The standard InChI is InChI=1S/C34H25ClN2O5/c1-18-10-13-20(16-26(18)35)36-27(38)17-42-34(41)19-11-14-21(15-12-19)37-32(39)30-28-22-6-2-3-7-23(22)29(31(30)33(37)40)25-9-5-4-8-24(25)28/h2-16,28-31H,17H2,1H3,(H,36,38)/t28?,29?,30-,31+. The van der Waals surface area contributed by atoms with Gasteiger partial charge < -0.3 is 10.1 Å². The van der Waals surface area contributed by atoms with E-state index in [0.717, 1.165) is 27.8 Å². The van der Waals surface area contributed by atoms with Crippen molar-refractivity contribution in [1.29, 1.82) is 0 Å². The lowest BCUT2D eigenvalue weighted by atomic mass is 9.55. The Morgan fingerprint density at radius 1 is 0.786 bits per heavy atom. The van der Waals surface area contributed by atoms with E-state index in [4.69, 9.17) is 16.3 Å². The molecule has 8 heteroatoms. The van der Waals surface area contributed by atoms with Gasteiger partial charge in [0.1, 0.15) is 0 Å². The molecule has 4 aromatic rings. The lowest BCUT2D eigenvalue weighted by Gasteiger charge is -2.45. The van der Waals surface area contributed by atoms with Crippen LogP contribution in [0.5, 0.6) is 0 Å². The lowest BCUT2D eigenvalue weighted by Crippen LogP contribution is -2.41. The summed E-state index contributed by atoms with van der Waals surface area (Å²) in [6.45, 7) is 1.37. The number of carbonyl (C=O) groups excluding carboxylic acids is 4. The molecule has 42 heavy (non-hydrogen) atoms. The largest absolute Gasteiger partial charge is 0.452 e. The third kappa shape index (κ3) is 4.03. The summed E-state index contributed by atoms with van der Waals surface area (Å²) in [6, 6.07) is 27.4. The van der Waals surface area contributed by atoms with Gasteiger partial charge in [-0.25, -0.2) is 9.69 Å². The number of ether oxygens (including phenoxy) is 1. The van der Waals surface area contributed by atoms with E-state index < -0.39 is 30.3 Å². The maximum Gasteiger partial charge on any atom is 0.338 e. The Balaban J connectivity index is 1.08. The van der Waals surface area contributed by atoms with Gasteiger partial charge >= 0.3 is 5.97 Å². The molecule has 1 fully saturated rings. The molecule has 0 radical (unpaired) electrons. The van der Waals surface area contributed by atoms with E-state index in [9.17, 15) is 19.2 Å². The summed E-state index contributed by atoms with van der Waals surface area (Å²) in [5, 5.41) is 3.15. The third-order valence-corrected chi connectivity index (χ3v) is 9.01. The van der Waals surface area contributed by atoms with Gasteiger partial charge in [0.05, 0.1) is 23.1 Å². The molecule has 8 rings (SSSR count). The molecule has 208 valence electrons. The Hall–Kier alpha value is -4.75. The predicted molar refractivity (Wildman–Crippen MR) is 158 cm³/mol. The Kier molecular flexibility index (Phi) is 6.21. The second-order valence-electron chi connectivity index (χ2n) is 10.9. The van der Waals surface area contributed by atoms with Crippen LogP contribution in [-0.2, 0) is 19.1 Å². The molecule has 7 nitrogen and oxygen atoms in total. The van der Waals surface area contributed by atoms with Gasteiger partial charge in [-0.15, -0.1) is 0 Å². The molecule has 0 unspecified atom stereocenters. The maximum absolute atomic E-state index is 13.9. The highest BCUT2D eigenvalue weighted by atomic mass is 35.5. The lowest BCUT2D eigenvalue weighted by molar-refractivity contribution is -0.122. The summed E-state index contributed by atoms with van der Waals surface area (Å²) >= 11 is 6.10. The number of halogens is 1. The van der Waals surface area contributed by atoms with Gasteiger partial charge in [0, 0.05) is 22.5 Å². The van der Waals surface area contributed by atoms with Crippen LogP contribution in [0.15, 0.2) is 91.0 Å². The predicted octanol–water partition coefficient (Wildman–Crippen LogP) is 5.84. The van der Waals surface area contributed by atoms with Gasteiger partial charge in [0.2, 0.25) is 11.8 Å². The van der Waals surface area contributed by atoms with E-state index in [1.54, 1.807) is 30.3 Å². The van der Waals surface area contributed by atoms with Crippen molar-refractivity contribution in [2.45, 2.75) is 18.8 Å². The number of amides is 3. The van der Waals surface area contributed by atoms with Crippen molar-refractivity contribution in [1.82, 2.24) is 0 Å². The van der Waals surface area contributed by atoms with Crippen molar-refractivity contribution in [3.8, 4) is 0 Å². The fourth-order valence-electron chi connectivity index (χ4n) is 6.76. The average molecular weight is 577 g/mol. The number of benzene rings is 4. The van der Waals surface area contributed by atoms with Crippen molar-refractivity contribution in [2.24, 2.45) is 11.8 Å². The van der Waals surface area contributed by atoms with Crippen LogP contribution in [0.4, 0.5) is 11.4 Å². The monoisotopic (exact) mass is 576 g/mol. The number of hydrogen-bond acceptors (Lipinski definition) is 5. The number of esters is 1. The van der Waals surface area contributed by atoms with Gasteiger partial charge in [-0.2, -0.15) is 0 Å². The topological polar surface area (TPSA) is 92.8 Å². The Labute approximate surface area is 247 Å². The Morgan fingerprint density at radius 2 is 1.31 bits per heavy atom. The van der Waals surface area contributed by atoms with Crippen LogP contribution in [0.25, 0.3) is 0 Å². The average Bonchev–Trinajstić information content (AvgIpc) is 3.28. The molecule has 4 aliphatic rings. The fraction of sp³-hybridized carbons (Fsp3) is 0.176. The van der Waals surface area contributed by atoms with Gasteiger partial charge in [0.25, 0.3) is 5.91 Å². The van der Waals surface area contributed by atoms with Crippen molar-refractivity contribution < 1.29 is 23.9 Å². The molecule has 1 saturated heterocycles. The van der Waals surface area contributed by atoms with E-state index in [1.807, 2.05) is 31.2 Å². The van der Waals surface area contributed by atoms with Crippen LogP contribution >= 0.6 is 11.6 Å². The molecular weight excluding hydrogens is 552 g/mol. The number of aryl methyl sites for hydroxylation is 1. The molecule has 3 aliphatic carbocycles. The number of nitrogens with one attached hydrogen (secondary N) is 1. The van der Waals surface area contributed by atoms with E-state index in [0.29, 0.717) is 16.4 Å². The highest BCUT2D eigenvalue weighted by Gasteiger charge is 2.61. The molecule has 1 N–H and O–H groups in total. The van der Waals surface area contributed by atoms with E-state index >= 15 is 0 Å². The molecule has 1 aliphatic heterocycles. The molecule has 2 atom stereocenters. The Morgan fingerprint density at radius 3 is 1.81 bits per heavy atom. The number of rotatable bonds is 5. The first-order valence-corrected chi connectivity index (χ1v) is 14.1. The van der Waals surface area contributed by atoms with Gasteiger partial charge in [-0.1, -0.05) is 66.2 Å². The van der Waals surface area contributed by atoms with Crippen LogP contribution in [0.2, 0.25) is 5.02 Å². The maximum atomic E-state index is 13.9. The first-order chi connectivity index (χ1) is 20.3. The minimum absolute atomic E-state index is 0.190. The smallest absolute Gasteiger partial charge is 0.338 e. The molecule has 0 spiro atoms. The van der Waals surface area contributed by atoms with Crippen molar-refractivity contribution >= 4 is 46.7 Å². The molecule has 1 heterocycles. The molecule has 4 aromatic carbocycles. The first kappa shape index (κ1) is 26.2. The fourth-order valence-corrected chi connectivity index (χ4v) is 6.94. The zero-order chi connectivity index (χ0) is 29.1. The molecule has 0 aromatic heterocycles. The first-order valence-electron chi connectivity index (χ1n) is 13.7. The van der Waals surface area contributed by atoms with Crippen LogP contribution < -0.4 is 10.2 Å².